The van der Waals surface area contributed by atoms with E-state index in [0.717, 1.165) is 45.0 Å². The molecule has 0 spiro atoms. The second-order valence-corrected chi connectivity index (χ2v) is 7.60. The number of hydrogen-bond donors (Lipinski definition) is 2. The summed E-state index contributed by atoms with van der Waals surface area (Å²) < 4.78 is 20.0. The van der Waals surface area contributed by atoms with Crippen molar-refractivity contribution in [3.8, 4) is 11.8 Å². The van der Waals surface area contributed by atoms with Gasteiger partial charge in [0.2, 0.25) is 0 Å². The zero-order valence-electron chi connectivity index (χ0n) is 18.6. The highest BCUT2D eigenvalue weighted by atomic mass is 127. The van der Waals surface area contributed by atoms with Gasteiger partial charge in [0.05, 0.1) is 18.0 Å². The third-order valence-corrected chi connectivity index (χ3v) is 5.33. The first kappa shape index (κ1) is 25.9. The number of rotatable bonds is 8. The van der Waals surface area contributed by atoms with Crippen LogP contribution in [0.3, 0.4) is 0 Å². The van der Waals surface area contributed by atoms with Crippen molar-refractivity contribution < 1.29 is 9.13 Å². The number of anilines is 1. The van der Waals surface area contributed by atoms with Gasteiger partial charge in [-0.25, -0.2) is 9.07 Å². The molecule has 2 heterocycles. The lowest BCUT2D eigenvalue weighted by Gasteiger charge is -2.21. The highest BCUT2D eigenvalue weighted by Crippen LogP contribution is 2.22. The number of nitrogens with one attached hydrogen (secondary N) is 1. The maximum atomic E-state index is 13.2. The summed E-state index contributed by atoms with van der Waals surface area (Å²) >= 11 is 0. The fourth-order valence-electron chi connectivity index (χ4n) is 3.81. The zero-order chi connectivity index (χ0) is 22.2. The normalized spacial score (nSPS) is 16.0. The number of aryl methyl sites for hydroxylation is 1. The number of aliphatic imine (C=N–C) groups is 1. The van der Waals surface area contributed by atoms with Gasteiger partial charge in [-0.15, -0.1) is 24.0 Å². The summed E-state index contributed by atoms with van der Waals surface area (Å²) in [6, 6.07) is 8.00. The summed E-state index contributed by atoms with van der Waals surface area (Å²) in [6.45, 7) is 6.16. The van der Waals surface area contributed by atoms with E-state index in [1.54, 1.807) is 19.2 Å². The van der Waals surface area contributed by atoms with Crippen molar-refractivity contribution in [1.82, 2.24) is 20.0 Å². The first-order valence-electron chi connectivity index (χ1n) is 10.6. The third kappa shape index (κ3) is 6.32. The Bertz CT molecular complexity index is 939. The molecule has 0 radical (unpaired) electrons. The van der Waals surface area contributed by atoms with Crippen molar-refractivity contribution in [2.45, 2.75) is 26.2 Å². The van der Waals surface area contributed by atoms with Crippen LogP contribution in [0, 0.1) is 23.1 Å². The van der Waals surface area contributed by atoms with Crippen LogP contribution in [0.5, 0.6) is 0 Å². The number of likely N-dealkylation sites (tertiary alicyclic amines) is 1. The molecule has 0 amide bonds. The van der Waals surface area contributed by atoms with Crippen LogP contribution >= 0.6 is 24.0 Å². The molecule has 1 aromatic heterocycles. The van der Waals surface area contributed by atoms with Gasteiger partial charge in [0, 0.05) is 39.2 Å². The summed E-state index contributed by atoms with van der Waals surface area (Å²) in [4.78, 5) is 7.03. The summed E-state index contributed by atoms with van der Waals surface area (Å²) in [6.07, 6.45) is 2.42. The second-order valence-electron chi connectivity index (χ2n) is 7.60. The molecule has 1 saturated heterocycles. The van der Waals surface area contributed by atoms with Gasteiger partial charge >= 0.3 is 0 Å². The number of methoxy groups -OCH3 is 1. The molecule has 1 aliphatic rings. The lowest BCUT2D eigenvalue weighted by atomic mass is 10.1. The molecule has 32 heavy (non-hydrogen) atoms. The predicted molar refractivity (Wildman–Crippen MR) is 134 cm³/mol. The topological polar surface area (TPSA) is 104 Å². The maximum Gasteiger partial charge on any atom is 0.193 e. The molecule has 174 valence electrons. The van der Waals surface area contributed by atoms with Gasteiger partial charge < -0.3 is 20.7 Å². The van der Waals surface area contributed by atoms with Gasteiger partial charge in [0.25, 0.3) is 0 Å². The van der Waals surface area contributed by atoms with Gasteiger partial charge in [0.15, 0.2) is 5.96 Å². The monoisotopic (exact) mass is 555 g/mol. The van der Waals surface area contributed by atoms with E-state index in [-0.39, 0.29) is 35.6 Å². The minimum Gasteiger partial charge on any atom is -0.384 e. The Hall–Kier alpha value is -2.39. The van der Waals surface area contributed by atoms with Crippen LogP contribution in [-0.2, 0) is 11.2 Å². The quantitative estimate of drug-likeness (QED) is 0.225. The number of nitrogens with zero attached hydrogens (tertiary/aromatic N) is 5. The number of guanidine groups is 1. The molecule has 3 N–H and O–H groups in total. The van der Waals surface area contributed by atoms with Crippen LogP contribution in [0.25, 0.3) is 5.69 Å². The Morgan fingerprint density at radius 2 is 2.16 bits per heavy atom. The number of aromatic nitrogens is 2. The molecular formula is C22H31FIN7O. The highest BCUT2D eigenvalue weighted by molar-refractivity contribution is 14.0. The van der Waals surface area contributed by atoms with Crippen LogP contribution in [-0.4, -0.2) is 60.5 Å². The van der Waals surface area contributed by atoms with Crippen molar-refractivity contribution in [3.05, 3.63) is 41.3 Å². The molecule has 10 heteroatoms. The van der Waals surface area contributed by atoms with Crippen molar-refractivity contribution >= 4 is 35.8 Å². The number of nitrogen functional groups attached to an aromatic ring is 1. The van der Waals surface area contributed by atoms with E-state index in [1.165, 1.54) is 16.8 Å². The molecule has 1 aliphatic heterocycles. The first-order valence-corrected chi connectivity index (χ1v) is 10.6. The van der Waals surface area contributed by atoms with E-state index in [2.05, 4.69) is 28.3 Å². The van der Waals surface area contributed by atoms with Gasteiger partial charge in [0.1, 0.15) is 23.3 Å². The molecule has 0 bridgehead atoms. The van der Waals surface area contributed by atoms with Crippen molar-refractivity contribution in [3.63, 3.8) is 0 Å². The maximum absolute atomic E-state index is 13.2. The molecule has 1 atom stereocenters. The van der Waals surface area contributed by atoms with Crippen LogP contribution < -0.4 is 11.1 Å². The number of ether oxygens (including phenoxy) is 1. The van der Waals surface area contributed by atoms with Gasteiger partial charge in [-0.3, -0.25) is 4.99 Å². The third-order valence-electron chi connectivity index (χ3n) is 5.33. The van der Waals surface area contributed by atoms with Gasteiger partial charge in [-0.2, -0.15) is 10.4 Å². The molecule has 0 saturated carbocycles. The Kier molecular flexibility index (Phi) is 10.2. The Balaban J connectivity index is 0.00000363. The largest absolute Gasteiger partial charge is 0.384 e. The summed E-state index contributed by atoms with van der Waals surface area (Å²) in [5, 5.41) is 17.4. The Morgan fingerprint density at radius 3 is 2.81 bits per heavy atom. The average molecular weight is 555 g/mol. The zero-order valence-corrected chi connectivity index (χ0v) is 20.9. The van der Waals surface area contributed by atoms with E-state index < -0.39 is 0 Å². The summed E-state index contributed by atoms with van der Waals surface area (Å²) in [5.74, 6) is 1.38. The van der Waals surface area contributed by atoms with Crippen molar-refractivity contribution in [2.24, 2.45) is 10.9 Å². The fourth-order valence-corrected chi connectivity index (χ4v) is 3.81. The predicted octanol–water partition coefficient (Wildman–Crippen LogP) is 2.95. The van der Waals surface area contributed by atoms with E-state index in [4.69, 9.17) is 15.5 Å². The molecular weight excluding hydrogens is 524 g/mol. The summed E-state index contributed by atoms with van der Waals surface area (Å²) in [7, 11) is 1.74. The smallest absolute Gasteiger partial charge is 0.193 e. The lowest BCUT2D eigenvalue weighted by molar-refractivity contribution is 0.157. The number of halogens is 2. The van der Waals surface area contributed by atoms with Crippen molar-refractivity contribution in [2.75, 3.05) is 45.6 Å². The SMILES string of the molecule is CCNC(=NCCCc1nn(-c2ccc(F)cc2)c(N)c1C#N)N1CCC(COC)C1.I. The van der Waals surface area contributed by atoms with E-state index in [0.29, 0.717) is 35.8 Å². The van der Waals surface area contributed by atoms with Crippen molar-refractivity contribution in [1.29, 1.82) is 5.26 Å². The highest BCUT2D eigenvalue weighted by Gasteiger charge is 2.24. The van der Waals surface area contributed by atoms with Crippen LogP contribution in [0.4, 0.5) is 10.2 Å². The molecule has 8 nitrogen and oxygen atoms in total. The standard InChI is InChI=1S/C22H30FN7O.HI/c1-3-26-22(29-12-10-16(14-29)15-31-2)27-11-4-5-20-19(13-24)21(25)30(28-20)18-8-6-17(23)7-9-18;/h6-9,16H,3-5,10-12,14-15,25H2,1-2H3,(H,26,27);1H. The number of benzene rings is 1. The number of nitriles is 1. The first-order chi connectivity index (χ1) is 15.1. The molecule has 1 fully saturated rings. The van der Waals surface area contributed by atoms with Crippen LogP contribution in [0.15, 0.2) is 29.3 Å². The minimum atomic E-state index is -0.337. The number of nitrogens with two attached hydrogens (primary N) is 1. The van der Waals surface area contributed by atoms with E-state index in [1.807, 2.05) is 0 Å². The molecule has 0 aliphatic carbocycles. The molecule has 1 unspecified atom stereocenters. The average Bonchev–Trinajstić information content (AvgIpc) is 3.35. The Labute approximate surface area is 205 Å². The van der Waals surface area contributed by atoms with Gasteiger partial charge in [-0.05, 0) is 50.5 Å². The Morgan fingerprint density at radius 1 is 1.41 bits per heavy atom. The van der Waals surface area contributed by atoms with Crippen LogP contribution in [0.2, 0.25) is 0 Å². The minimum absolute atomic E-state index is 0. The number of hydrogen-bond acceptors (Lipinski definition) is 5. The molecule has 1 aromatic carbocycles. The van der Waals surface area contributed by atoms with E-state index in [9.17, 15) is 9.65 Å². The molecule has 2 aromatic rings. The fraction of sp³-hybridized carbons (Fsp3) is 0.500. The van der Waals surface area contributed by atoms with E-state index >= 15 is 0 Å². The second kappa shape index (κ2) is 12.6. The summed E-state index contributed by atoms with van der Waals surface area (Å²) in [5.41, 5.74) is 7.74. The lowest BCUT2D eigenvalue weighted by Crippen LogP contribution is -2.40. The molecule has 3 rings (SSSR count). The van der Waals surface area contributed by atoms with Gasteiger partial charge in [-0.1, -0.05) is 0 Å². The van der Waals surface area contributed by atoms with Crippen LogP contribution in [0.1, 0.15) is 31.0 Å².